The Morgan fingerprint density at radius 1 is 1.17 bits per heavy atom. The van der Waals surface area contributed by atoms with Crippen molar-refractivity contribution in [2.45, 2.75) is 19.8 Å². The van der Waals surface area contributed by atoms with E-state index >= 15 is 0 Å². The Hall–Kier alpha value is -0.120. The molecule has 1 saturated carbocycles. The minimum atomic E-state index is 0.402. The molecule has 0 bridgehead atoms. The van der Waals surface area contributed by atoms with E-state index in [0.717, 1.165) is 6.61 Å². The Morgan fingerprint density at radius 2 is 1.92 bits per heavy atom. The zero-order valence-electron chi connectivity index (χ0n) is 7.97. The zero-order chi connectivity index (χ0) is 8.86. The molecule has 0 spiro atoms. The van der Waals surface area contributed by atoms with Crippen LogP contribution in [0.2, 0.25) is 0 Å². The van der Waals surface area contributed by atoms with Crippen LogP contribution in [0.3, 0.4) is 0 Å². The van der Waals surface area contributed by atoms with E-state index in [-0.39, 0.29) is 0 Å². The van der Waals surface area contributed by atoms with Crippen molar-refractivity contribution in [2.24, 2.45) is 5.41 Å². The quantitative estimate of drug-likeness (QED) is 0.431. The Morgan fingerprint density at radius 3 is 2.50 bits per heavy atom. The highest BCUT2D eigenvalue weighted by atomic mass is 16.7. The number of hydrogen-bond acceptors (Lipinski definition) is 3. The summed E-state index contributed by atoms with van der Waals surface area (Å²) in [5.74, 6) is 0. The Kier molecular flexibility index (Phi) is 3.98. The second-order valence-corrected chi connectivity index (χ2v) is 3.68. The lowest BCUT2D eigenvalue weighted by Gasteiger charge is -2.09. The van der Waals surface area contributed by atoms with E-state index in [0.29, 0.717) is 25.4 Å². The fourth-order valence-electron chi connectivity index (χ4n) is 0.906. The van der Waals surface area contributed by atoms with Crippen molar-refractivity contribution >= 4 is 0 Å². The van der Waals surface area contributed by atoms with E-state index in [4.69, 9.17) is 14.2 Å². The van der Waals surface area contributed by atoms with Crippen LogP contribution in [0.4, 0.5) is 0 Å². The van der Waals surface area contributed by atoms with Gasteiger partial charge in [0.15, 0.2) is 0 Å². The van der Waals surface area contributed by atoms with E-state index in [1.165, 1.54) is 12.8 Å². The maximum atomic E-state index is 5.33. The van der Waals surface area contributed by atoms with Crippen molar-refractivity contribution in [1.29, 1.82) is 0 Å². The first-order valence-corrected chi connectivity index (χ1v) is 4.41. The maximum Gasteiger partial charge on any atom is 0.146 e. The first-order chi connectivity index (χ1) is 5.77. The molecule has 1 aliphatic carbocycles. The predicted octanol–water partition coefficient (Wildman–Crippen LogP) is 1.42. The molecule has 0 amide bonds. The summed E-state index contributed by atoms with van der Waals surface area (Å²) in [5.41, 5.74) is 0.463. The zero-order valence-corrected chi connectivity index (χ0v) is 7.97. The van der Waals surface area contributed by atoms with Gasteiger partial charge in [-0.1, -0.05) is 6.92 Å². The van der Waals surface area contributed by atoms with E-state index in [1.807, 2.05) is 0 Å². The van der Waals surface area contributed by atoms with Gasteiger partial charge >= 0.3 is 0 Å². The van der Waals surface area contributed by atoms with Gasteiger partial charge in [0.2, 0.25) is 0 Å². The van der Waals surface area contributed by atoms with Crippen molar-refractivity contribution in [3.05, 3.63) is 0 Å². The van der Waals surface area contributed by atoms with Gasteiger partial charge in [0, 0.05) is 7.11 Å². The number of ether oxygens (including phenoxy) is 3. The third-order valence-corrected chi connectivity index (χ3v) is 2.15. The van der Waals surface area contributed by atoms with Crippen LogP contribution in [-0.4, -0.2) is 33.7 Å². The molecule has 0 aromatic rings. The summed E-state index contributed by atoms with van der Waals surface area (Å²) in [6.45, 7) is 4.73. The lowest BCUT2D eigenvalue weighted by molar-refractivity contribution is -0.0762. The predicted molar refractivity (Wildman–Crippen MR) is 46.0 cm³/mol. The van der Waals surface area contributed by atoms with Crippen LogP contribution in [-0.2, 0) is 14.2 Å². The summed E-state index contributed by atoms with van der Waals surface area (Å²) >= 11 is 0. The summed E-state index contributed by atoms with van der Waals surface area (Å²) in [6.07, 6.45) is 2.59. The summed E-state index contributed by atoms with van der Waals surface area (Å²) < 4.78 is 15.3. The lowest BCUT2D eigenvalue weighted by atomic mass is 10.2. The molecule has 1 aliphatic rings. The average Bonchev–Trinajstić information content (AvgIpc) is 2.77. The molecule has 3 heteroatoms. The number of hydrogen-bond donors (Lipinski definition) is 0. The Balaban J connectivity index is 1.77. The molecule has 0 radical (unpaired) electrons. The van der Waals surface area contributed by atoms with Crippen LogP contribution >= 0.6 is 0 Å². The molecule has 3 nitrogen and oxygen atoms in total. The summed E-state index contributed by atoms with van der Waals surface area (Å²) in [6, 6.07) is 0. The van der Waals surface area contributed by atoms with Gasteiger partial charge in [0.1, 0.15) is 6.79 Å². The average molecular weight is 174 g/mol. The first kappa shape index (κ1) is 9.96. The van der Waals surface area contributed by atoms with Crippen LogP contribution in [0, 0.1) is 5.41 Å². The second-order valence-electron chi connectivity index (χ2n) is 3.68. The van der Waals surface area contributed by atoms with Crippen LogP contribution < -0.4 is 0 Å². The molecular weight excluding hydrogens is 156 g/mol. The molecule has 0 aromatic carbocycles. The standard InChI is InChI=1S/C9H18O3/c1-9(3-4-9)7-12-8-11-6-5-10-2/h3-8H2,1-2H3. The summed E-state index contributed by atoms with van der Waals surface area (Å²) in [5, 5.41) is 0. The van der Waals surface area contributed by atoms with Gasteiger partial charge in [0.25, 0.3) is 0 Å². The third-order valence-electron chi connectivity index (χ3n) is 2.15. The molecule has 12 heavy (non-hydrogen) atoms. The Labute approximate surface area is 74.0 Å². The highest BCUT2D eigenvalue weighted by Crippen LogP contribution is 2.44. The van der Waals surface area contributed by atoms with Gasteiger partial charge in [-0.25, -0.2) is 0 Å². The van der Waals surface area contributed by atoms with Crippen LogP contribution in [0.25, 0.3) is 0 Å². The molecule has 0 atom stereocenters. The van der Waals surface area contributed by atoms with Crippen molar-refractivity contribution in [1.82, 2.24) is 0 Å². The SMILES string of the molecule is COCCOCOCC1(C)CC1. The topological polar surface area (TPSA) is 27.7 Å². The molecule has 0 aliphatic heterocycles. The van der Waals surface area contributed by atoms with E-state index in [1.54, 1.807) is 7.11 Å². The Bertz CT molecular complexity index is 121. The maximum absolute atomic E-state index is 5.33. The fraction of sp³-hybridized carbons (Fsp3) is 1.00. The van der Waals surface area contributed by atoms with Crippen LogP contribution in [0.15, 0.2) is 0 Å². The van der Waals surface area contributed by atoms with Gasteiger partial charge in [-0.3, -0.25) is 0 Å². The van der Waals surface area contributed by atoms with E-state index < -0.39 is 0 Å². The highest BCUT2D eigenvalue weighted by molar-refractivity contribution is 4.87. The molecule has 0 saturated heterocycles. The van der Waals surface area contributed by atoms with Crippen LogP contribution in [0.5, 0.6) is 0 Å². The number of methoxy groups -OCH3 is 1. The molecule has 0 unspecified atom stereocenters. The monoisotopic (exact) mass is 174 g/mol. The second kappa shape index (κ2) is 4.80. The molecule has 0 N–H and O–H groups in total. The molecular formula is C9H18O3. The molecule has 0 heterocycles. The van der Waals surface area contributed by atoms with Gasteiger partial charge in [-0.2, -0.15) is 0 Å². The molecule has 1 rings (SSSR count). The van der Waals surface area contributed by atoms with Crippen LogP contribution in [0.1, 0.15) is 19.8 Å². The first-order valence-electron chi connectivity index (χ1n) is 4.41. The highest BCUT2D eigenvalue weighted by Gasteiger charge is 2.37. The van der Waals surface area contributed by atoms with Gasteiger partial charge in [-0.05, 0) is 18.3 Å². The smallest absolute Gasteiger partial charge is 0.146 e. The lowest BCUT2D eigenvalue weighted by Crippen LogP contribution is -2.11. The van der Waals surface area contributed by atoms with Crippen molar-refractivity contribution < 1.29 is 14.2 Å². The van der Waals surface area contributed by atoms with Crippen molar-refractivity contribution in [2.75, 3.05) is 33.7 Å². The summed E-state index contributed by atoms with van der Waals surface area (Å²) in [7, 11) is 1.66. The van der Waals surface area contributed by atoms with E-state index in [2.05, 4.69) is 6.92 Å². The van der Waals surface area contributed by atoms with Crippen molar-refractivity contribution in [3.8, 4) is 0 Å². The van der Waals surface area contributed by atoms with Crippen molar-refractivity contribution in [3.63, 3.8) is 0 Å². The molecule has 72 valence electrons. The molecule has 0 aromatic heterocycles. The normalized spacial score (nSPS) is 19.5. The minimum absolute atomic E-state index is 0.402. The third kappa shape index (κ3) is 4.04. The van der Waals surface area contributed by atoms with Gasteiger partial charge < -0.3 is 14.2 Å². The minimum Gasteiger partial charge on any atom is -0.382 e. The van der Waals surface area contributed by atoms with Gasteiger partial charge in [0.05, 0.1) is 19.8 Å². The summed E-state index contributed by atoms with van der Waals surface area (Å²) in [4.78, 5) is 0. The largest absolute Gasteiger partial charge is 0.382 e. The van der Waals surface area contributed by atoms with E-state index in [9.17, 15) is 0 Å². The van der Waals surface area contributed by atoms with Gasteiger partial charge in [-0.15, -0.1) is 0 Å². The molecule has 1 fully saturated rings. The number of rotatable bonds is 7. The fourth-order valence-corrected chi connectivity index (χ4v) is 0.906.